The van der Waals surface area contributed by atoms with Crippen molar-refractivity contribution in [1.29, 1.82) is 0 Å². The van der Waals surface area contributed by atoms with Gasteiger partial charge in [-0.2, -0.15) is 0 Å². The summed E-state index contributed by atoms with van der Waals surface area (Å²) in [5.74, 6) is 0. The third-order valence-electron chi connectivity index (χ3n) is 1.92. The smallest absolute Gasteiger partial charge is 0.114 e. The van der Waals surface area contributed by atoms with E-state index in [2.05, 4.69) is 23.7 Å². The van der Waals surface area contributed by atoms with Crippen LogP contribution in [0.3, 0.4) is 0 Å². The van der Waals surface area contributed by atoms with Gasteiger partial charge in [-0.05, 0) is 5.56 Å². The molecule has 0 fully saturated rings. The van der Waals surface area contributed by atoms with Gasteiger partial charge in [0.15, 0.2) is 0 Å². The van der Waals surface area contributed by atoms with Gasteiger partial charge in [0, 0.05) is 12.6 Å². The van der Waals surface area contributed by atoms with Gasteiger partial charge >= 0.3 is 0 Å². The molecule has 1 aromatic carbocycles. The van der Waals surface area contributed by atoms with Gasteiger partial charge in [-0.25, -0.2) is 0 Å². The first-order valence-corrected chi connectivity index (χ1v) is 4.08. The van der Waals surface area contributed by atoms with E-state index in [1.807, 2.05) is 24.4 Å². The van der Waals surface area contributed by atoms with Crippen molar-refractivity contribution in [3.8, 4) is 0 Å². The second kappa shape index (κ2) is 3.41. The third-order valence-corrected chi connectivity index (χ3v) is 1.92. The van der Waals surface area contributed by atoms with Gasteiger partial charge in [-0.15, -0.1) is 0 Å². The fraction of sp³-hybridized carbons (Fsp3) is 0.200. The summed E-state index contributed by atoms with van der Waals surface area (Å²) < 4.78 is 0. The van der Waals surface area contributed by atoms with Crippen molar-refractivity contribution in [1.82, 2.24) is 5.48 Å². The molecule has 1 aliphatic heterocycles. The molecule has 12 heavy (non-hydrogen) atoms. The van der Waals surface area contributed by atoms with E-state index in [1.54, 1.807) is 0 Å². The molecule has 0 amide bonds. The molecular formula is C10H11NO. The van der Waals surface area contributed by atoms with Crippen LogP contribution in [-0.4, -0.2) is 0 Å². The Morgan fingerprint density at radius 3 is 2.75 bits per heavy atom. The predicted molar refractivity (Wildman–Crippen MR) is 47.2 cm³/mol. The molecule has 62 valence electrons. The van der Waals surface area contributed by atoms with Crippen molar-refractivity contribution >= 4 is 0 Å². The number of hydroxylamine groups is 1. The number of nitrogens with one attached hydrogen (secondary N) is 1. The fourth-order valence-corrected chi connectivity index (χ4v) is 1.28. The van der Waals surface area contributed by atoms with E-state index in [0.717, 1.165) is 6.42 Å². The van der Waals surface area contributed by atoms with E-state index in [-0.39, 0.29) is 6.10 Å². The number of rotatable bonds is 1. The summed E-state index contributed by atoms with van der Waals surface area (Å²) in [5, 5.41) is 0. The van der Waals surface area contributed by atoms with Crippen molar-refractivity contribution < 1.29 is 4.84 Å². The van der Waals surface area contributed by atoms with Crippen LogP contribution in [0.2, 0.25) is 0 Å². The third kappa shape index (κ3) is 1.48. The van der Waals surface area contributed by atoms with Crippen LogP contribution in [0.5, 0.6) is 0 Å². The molecule has 1 aliphatic rings. The Bertz CT molecular complexity index is 268. The summed E-state index contributed by atoms with van der Waals surface area (Å²) in [7, 11) is 0. The lowest BCUT2D eigenvalue weighted by Gasteiger charge is -2.18. The van der Waals surface area contributed by atoms with Crippen molar-refractivity contribution in [3.63, 3.8) is 0 Å². The normalized spacial score (nSPS) is 21.8. The Hall–Kier alpha value is -1.28. The Kier molecular flexibility index (Phi) is 2.10. The van der Waals surface area contributed by atoms with Crippen molar-refractivity contribution in [2.24, 2.45) is 0 Å². The molecule has 0 saturated carbocycles. The topological polar surface area (TPSA) is 21.3 Å². The summed E-state index contributed by atoms with van der Waals surface area (Å²) in [5.41, 5.74) is 3.97. The highest BCUT2D eigenvalue weighted by Gasteiger charge is 2.11. The van der Waals surface area contributed by atoms with E-state index < -0.39 is 0 Å². The van der Waals surface area contributed by atoms with Crippen LogP contribution in [0.25, 0.3) is 0 Å². The molecule has 0 saturated heterocycles. The van der Waals surface area contributed by atoms with E-state index in [1.165, 1.54) is 5.56 Å². The number of benzene rings is 1. The molecule has 2 rings (SSSR count). The maximum Gasteiger partial charge on any atom is 0.114 e. The maximum absolute atomic E-state index is 5.33. The highest BCUT2D eigenvalue weighted by Crippen LogP contribution is 2.21. The zero-order chi connectivity index (χ0) is 8.23. The van der Waals surface area contributed by atoms with E-state index >= 15 is 0 Å². The average molecular weight is 161 g/mol. The van der Waals surface area contributed by atoms with Crippen LogP contribution in [-0.2, 0) is 4.84 Å². The lowest BCUT2D eigenvalue weighted by atomic mass is 10.1. The van der Waals surface area contributed by atoms with Crippen LogP contribution < -0.4 is 5.48 Å². The highest BCUT2D eigenvalue weighted by molar-refractivity contribution is 5.18. The van der Waals surface area contributed by atoms with Crippen LogP contribution in [0, 0.1) is 0 Å². The molecule has 1 atom stereocenters. The highest BCUT2D eigenvalue weighted by atomic mass is 16.7. The van der Waals surface area contributed by atoms with Gasteiger partial charge in [0.1, 0.15) is 6.10 Å². The lowest BCUT2D eigenvalue weighted by Crippen LogP contribution is -2.16. The van der Waals surface area contributed by atoms with Crippen LogP contribution >= 0.6 is 0 Å². The SMILES string of the molecule is C1=CNOC(c2ccccc2)C1. The molecule has 0 radical (unpaired) electrons. The molecule has 1 unspecified atom stereocenters. The van der Waals surface area contributed by atoms with Crippen LogP contribution in [0.15, 0.2) is 42.6 Å². The van der Waals surface area contributed by atoms with Crippen molar-refractivity contribution in [2.75, 3.05) is 0 Å². The van der Waals surface area contributed by atoms with Gasteiger partial charge in [-0.3, -0.25) is 10.3 Å². The van der Waals surface area contributed by atoms with Gasteiger partial charge in [0.25, 0.3) is 0 Å². The zero-order valence-corrected chi connectivity index (χ0v) is 6.73. The Morgan fingerprint density at radius 1 is 1.25 bits per heavy atom. The van der Waals surface area contributed by atoms with Crippen molar-refractivity contribution in [3.05, 3.63) is 48.2 Å². The largest absolute Gasteiger partial charge is 0.274 e. The predicted octanol–water partition coefficient (Wildman–Crippen LogP) is 2.17. The minimum Gasteiger partial charge on any atom is -0.274 e. The zero-order valence-electron chi connectivity index (χ0n) is 6.73. The summed E-state index contributed by atoms with van der Waals surface area (Å²) in [4.78, 5) is 5.33. The Balaban J connectivity index is 2.15. The molecule has 1 N–H and O–H groups in total. The van der Waals surface area contributed by atoms with E-state index in [9.17, 15) is 0 Å². The standard InChI is InChI=1S/C10H11NO/c1-2-5-9(6-3-1)10-7-4-8-11-12-10/h1-6,8,10-11H,7H2. The quantitative estimate of drug-likeness (QED) is 0.681. The molecule has 0 aromatic heterocycles. The molecule has 0 aliphatic carbocycles. The Labute approximate surface area is 71.8 Å². The second-order valence-corrected chi connectivity index (χ2v) is 2.77. The number of hydrogen-bond donors (Lipinski definition) is 1. The summed E-state index contributed by atoms with van der Waals surface area (Å²) in [6.45, 7) is 0. The van der Waals surface area contributed by atoms with Gasteiger partial charge in [-0.1, -0.05) is 36.4 Å². The average Bonchev–Trinajstić information content (AvgIpc) is 2.21. The Morgan fingerprint density at radius 2 is 2.08 bits per heavy atom. The van der Waals surface area contributed by atoms with Crippen LogP contribution in [0.4, 0.5) is 0 Å². The summed E-state index contributed by atoms with van der Waals surface area (Å²) >= 11 is 0. The summed E-state index contributed by atoms with van der Waals surface area (Å²) in [6, 6.07) is 10.2. The van der Waals surface area contributed by atoms with Gasteiger partial charge in [0.2, 0.25) is 0 Å². The second-order valence-electron chi connectivity index (χ2n) is 2.77. The van der Waals surface area contributed by atoms with E-state index in [0.29, 0.717) is 0 Å². The first kappa shape index (κ1) is 7.37. The molecular weight excluding hydrogens is 150 g/mol. The minimum absolute atomic E-state index is 0.163. The minimum atomic E-state index is 0.163. The maximum atomic E-state index is 5.33. The van der Waals surface area contributed by atoms with Crippen LogP contribution in [0.1, 0.15) is 18.1 Å². The van der Waals surface area contributed by atoms with Gasteiger partial charge < -0.3 is 0 Å². The molecule has 2 heteroatoms. The molecule has 0 bridgehead atoms. The van der Waals surface area contributed by atoms with Gasteiger partial charge in [0.05, 0.1) is 0 Å². The summed E-state index contributed by atoms with van der Waals surface area (Å²) in [6.07, 6.45) is 4.99. The molecule has 1 aromatic rings. The first-order valence-electron chi connectivity index (χ1n) is 4.08. The first-order chi connectivity index (χ1) is 5.97. The monoisotopic (exact) mass is 161 g/mol. The molecule has 1 heterocycles. The number of hydrogen-bond acceptors (Lipinski definition) is 2. The van der Waals surface area contributed by atoms with Crippen molar-refractivity contribution in [2.45, 2.75) is 12.5 Å². The fourth-order valence-electron chi connectivity index (χ4n) is 1.28. The lowest BCUT2D eigenvalue weighted by molar-refractivity contribution is -0.00996. The van der Waals surface area contributed by atoms with E-state index in [4.69, 9.17) is 4.84 Å². The molecule has 2 nitrogen and oxygen atoms in total. The molecule has 0 spiro atoms.